The van der Waals surface area contributed by atoms with E-state index >= 15 is 0 Å². The fraction of sp³-hybridized carbons (Fsp3) is 0.938. The van der Waals surface area contributed by atoms with E-state index in [-0.39, 0.29) is 11.3 Å². The number of rotatable bonds is 6. The van der Waals surface area contributed by atoms with Gasteiger partial charge in [-0.1, -0.05) is 26.7 Å². The van der Waals surface area contributed by atoms with E-state index in [9.17, 15) is 4.79 Å². The summed E-state index contributed by atoms with van der Waals surface area (Å²) < 4.78 is 0. The van der Waals surface area contributed by atoms with Gasteiger partial charge < -0.3 is 15.5 Å². The van der Waals surface area contributed by atoms with Crippen LogP contribution in [0.3, 0.4) is 0 Å². The zero-order valence-electron chi connectivity index (χ0n) is 13.4. The third kappa shape index (κ3) is 3.34. The summed E-state index contributed by atoms with van der Waals surface area (Å²) in [6.07, 6.45) is 6.34. The molecular weight excluding hydrogens is 250 g/mol. The van der Waals surface area contributed by atoms with Crippen molar-refractivity contribution in [2.24, 2.45) is 11.3 Å². The van der Waals surface area contributed by atoms with Gasteiger partial charge in [-0.3, -0.25) is 4.79 Å². The maximum Gasteiger partial charge on any atom is 0.227 e. The number of hydrogen-bond acceptors (Lipinski definition) is 3. The van der Waals surface area contributed by atoms with E-state index in [1.54, 1.807) is 0 Å². The van der Waals surface area contributed by atoms with Gasteiger partial charge in [-0.2, -0.15) is 0 Å². The standard InChI is InChI=1S/C16H31N3O/c1-13(2)16(8-9-17-12-16)15(20)18-10-11-19(3)14-6-4-5-7-14/h13-14,17H,4-12H2,1-3H3,(H,18,20). The van der Waals surface area contributed by atoms with E-state index < -0.39 is 0 Å². The Morgan fingerprint density at radius 1 is 1.40 bits per heavy atom. The molecule has 1 aliphatic carbocycles. The van der Waals surface area contributed by atoms with Crippen molar-refractivity contribution in [1.29, 1.82) is 0 Å². The lowest BCUT2D eigenvalue weighted by Crippen LogP contribution is -2.48. The first-order valence-corrected chi connectivity index (χ1v) is 8.25. The van der Waals surface area contributed by atoms with Gasteiger partial charge >= 0.3 is 0 Å². The lowest BCUT2D eigenvalue weighted by atomic mass is 9.75. The maximum absolute atomic E-state index is 12.5. The van der Waals surface area contributed by atoms with Crippen LogP contribution in [-0.2, 0) is 4.79 Å². The quantitative estimate of drug-likeness (QED) is 0.777. The van der Waals surface area contributed by atoms with Crippen molar-refractivity contribution in [3.05, 3.63) is 0 Å². The Bertz CT molecular complexity index is 318. The number of hydrogen-bond donors (Lipinski definition) is 2. The molecule has 0 aromatic heterocycles. The van der Waals surface area contributed by atoms with Crippen molar-refractivity contribution in [3.63, 3.8) is 0 Å². The highest BCUT2D eigenvalue weighted by molar-refractivity contribution is 5.83. The number of carbonyl (C=O) groups excluding carboxylic acids is 1. The molecule has 4 heteroatoms. The topological polar surface area (TPSA) is 44.4 Å². The second-order valence-electron chi connectivity index (χ2n) is 6.91. The summed E-state index contributed by atoms with van der Waals surface area (Å²) in [5, 5.41) is 6.53. The fourth-order valence-electron chi connectivity index (χ4n) is 3.71. The molecule has 1 atom stereocenters. The zero-order valence-corrected chi connectivity index (χ0v) is 13.4. The predicted octanol–water partition coefficient (Wildman–Crippen LogP) is 1.61. The molecule has 0 spiro atoms. The third-order valence-electron chi connectivity index (χ3n) is 5.44. The third-order valence-corrected chi connectivity index (χ3v) is 5.44. The highest BCUT2D eigenvalue weighted by atomic mass is 16.2. The predicted molar refractivity (Wildman–Crippen MR) is 82.7 cm³/mol. The molecule has 0 aromatic rings. The van der Waals surface area contributed by atoms with Crippen molar-refractivity contribution < 1.29 is 4.79 Å². The molecule has 0 radical (unpaired) electrons. The molecule has 1 heterocycles. The van der Waals surface area contributed by atoms with E-state index in [2.05, 4.69) is 36.4 Å². The fourth-order valence-corrected chi connectivity index (χ4v) is 3.71. The Balaban J connectivity index is 1.76. The molecule has 0 bridgehead atoms. The Morgan fingerprint density at radius 2 is 2.10 bits per heavy atom. The summed E-state index contributed by atoms with van der Waals surface area (Å²) >= 11 is 0. The van der Waals surface area contributed by atoms with Crippen LogP contribution in [0.4, 0.5) is 0 Å². The minimum atomic E-state index is -0.189. The number of carbonyl (C=O) groups is 1. The summed E-state index contributed by atoms with van der Waals surface area (Å²) in [7, 11) is 2.19. The van der Waals surface area contributed by atoms with Gasteiger partial charge in [-0.05, 0) is 38.8 Å². The summed E-state index contributed by atoms with van der Waals surface area (Å²) in [6.45, 7) is 7.87. The van der Waals surface area contributed by atoms with Crippen LogP contribution in [0.5, 0.6) is 0 Å². The molecule has 2 aliphatic rings. The van der Waals surface area contributed by atoms with Crippen LogP contribution in [-0.4, -0.2) is 50.1 Å². The molecular formula is C16H31N3O. The smallest absolute Gasteiger partial charge is 0.227 e. The first-order valence-electron chi connectivity index (χ1n) is 8.25. The molecule has 4 nitrogen and oxygen atoms in total. The molecule has 1 amide bonds. The van der Waals surface area contributed by atoms with Gasteiger partial charge in [0.1, 0.15) is 0 Å². The van der Waals surface area contributed by atoms with E-state index in [4.69, 9.17) is 0 Å². The van der Waals surface area contributed by atoms with Gasteiger partial charge in [-0.25, -0.2) is 0 Å². The minimum absolute atomic E-state index is 0.189. The van der Waals surface area contributed by atoms with Gasteiger partial charge in [-0.15, -0.1) is 0 Å². The van der Waals surface area contributed by atoms with Gasteiger partial charge in [0.15, 0.2) is 0 Å². The number of nitrogens with zero attached hydrogens (tertiary/aromatic N) is 1. The van der Waals surface area contributed by atoms with E-state index in [1.807, 2.05) is 0 Å². The van der Waals surface area contributed by atoms with E-state index in [0.29, 0.717) is 5.92 Å². The average Bonchev–Trinajstić information content (AvgIpc) is 3.10. The maximum atomic E-state index is 12.5. The average molecular weight is 281 g/mol. The molecule has 2 rings (SSSR count). The second kappa shape index (κ2) is 6.90. The summed E-state index contributed by atoms with van der Waals surface area (Å²) in [4.78, 5) is 15.0. The SMILES string of the molecule is CC(C)C1(C(=O)NCCN(C)C2CCCC2)CCNC1. The Labute approximate surface area is 123 Å². The molecule has 2 N–H and O–H groups in total. The molecule has 2 fully saturated rings. The summed E-state index contributed by atoms with van der Waals surface area (Å²) in [5.41, 5.74) is -0.189. The van der Waals surface area contributed by atoms with Crippen LogP contribution in [0.25, 0.3) is 0 Å². The Hall–Kier alpha value is -0.610. The first-order chi connectivity index (χ1) is 9.56. The van der Waals surface area contributed by atoms with Crippen molar-refractivity contribution in [2.45, 2.75) is 52.0 Å². The number of likely N-dealkylation sites (N-methyl/N-ethyl adjacent to an activating group) is 1. The Morgan fingerprint density at radius 3 is 2.65 bits per heavy atom. The second-order valence-corrected chi connectivity index (χ2v) is 6.91. The minimum Gasteiger partial charge on any atom is -0.354 e. The van der Waals surface area contributed by atoms with Gasteiger partial charge in [0.25, 0.3) is 0 Å². The van der Waals surface area contributed by atoms with Gasteiger partial charge in [0.2, 0.25) is 5.91 Å². The lowest BCUT2D eigenvalue weighted by molar-refractivity contribution is -0.132. The summed E-state index contributed by atoms with van der Waals surface area (Å²) in [6, 6.07) is 0.735. The highest BCUT2D eigenvalue weighted by Gasteiger charge is 2.43. The molecule has 1 saturated carbocycles. The number of nitrogens with one attached hydrogen (secondary N) is 2. The normalized spacial score (nSPS) is 27.6. The molecule has 1 unspecified atom stereocenters. The molecule has 20 heavy (non-hydrogen) atoms. The molecule has 1 aliphatic heterocycles. The van der Waals surface area contributed by atoms with Crippen molar-refractivity contribution >= 4 is 5.91 Å². The lowest BCUT2D eigenvalue weighted by Gasteiger charge is -2.32. The van der Waals surface area contributed by atoms with Crippen LogP contribution in [0.2, 0.25) is 0 Å². The van der Waals surface area contributed by atoms with Crippen molar-refractivity contribution in [1.82, 2.24) is 15.5 Å². The number of amides is 1. The van der Waals surface area contributed by atoms with Gasteiger partial charge in [0.05, 0.1) is 5.41 Å². The zero-order chi connectivity index (χ0) is 14.6. The van der Waals surface area contributed by atoms with Crippen molar-refractivity contribution in [2.75, 3.05) is 33.2 Å². The largest absolute Gasteiger partial charge is 0.354 e. The monoisotopic (exact) mass is 281 g/mol. The van der Waals surface area contributed by atoms with Crippen LogP contribution in [0.1, 0.15) is 46.0 Å². The first kappa shape index (κ1) is 15.8. The van der Waals surface area contributed by atoms with Gasteiger partial charge in [0, 0.05) is 25.7 Å². The summed E-state index contributed by atoms with van der Waals surface area (Å²) in [5.74, 6) is 0.641. The molecule has 0 aromatic carbocycles. The van der Waals surface area contributed by atoms with Crippen LogP contribution in [0.15, 0.2) is 0 Å². The Kier molecular flexibility index (Phi) is 5.44. The van der Waals surface area contributed by atoms with Crippen molar-refractivity contribution in [3.8, 4) is 0 Å². The van der Waals surface area contributed by atoms with Crippen LogP contribution in [0, 0.1) is 11.3 Å². The highest BCUT2D eigenvalue weighted by Crippen LogP contribution is 2.34. The van der Waals surface area contributed by atoms with Crippen LogP contribution < -0.4 is 10.6 Å². The van der Waals surface area contributed by atoms with E-state index in [1.165, 1.54) is 25.7 Å². The molecule has 116 valence electrons. The van der Waals surface area contributed by atoms with Crippen LogP contribution >= 0.6 is 0 Å². The van der Waals surface area contributed by atoms with E-state index in [0.717, 1.165) is 38.6 Å². The molecule has 1 saturated heterocycles.